The van der Waals surface area contributed by atoms with Gasteiger partial charge in [0.05, 0.1) is 14.2 Å². The number of amides is 1. The molecule has 1 heterocycles. The van der Waals surface area contributed by atoms with E-state index in [0.29, 0.717) is 28.6 Å². The third-order valence-corrected chi connectivity index (χ3v) is 5.77. The second-order valence-electron chi connectivity index (χ2n) is 7.16. The second kappa shape index (κ2) is 10.6. The predicted octanol–water partition coefficient (Wildman–Crippen LogP) is 5.33. The molecular formula is C26H23N3O3S. The van der Waals surface area contributed by atoms with Crippen molar-refractivity contribution in [1.29, 1.82) is 0 Å². The molecule has 33 heavy (non-hydrogen) atoms. The van der Waals surface area contributed by atoms with E-state index in [9.17, 15) is 4.79 Å². The number of nitrogens with zero attached hydrogens (tertiary/aromatic N) is 2. The van der Waals surface area contributed by atoms with E-state index in [1.165, 1.54) is 11.3 Å². The number of rotatable bonds is 8. The highest BCUT2D eigenvalue weighted by atomic mass is 32.1. The fraction of sp³-hybridized carbons (Fsp3) is 0.115. The van der Waals surface area contributed by atoms with Crippen molar-refractivity contribution in [3.05, 3.63) is 101 Å². The average molecular weight is 458 g/mol. The normalized spacial score (nSPS) is 11.2. The molecule has 7 heteroatoms. The molecule has 4 rings (SSSR count). The van der Waals surface area contributed by atoms with Crippen molar-refractivity contribution in [2.75, 3.05) is 19.5 Å². The molecule has 3 aromatic carbocycles. The first kappa shape index (κ1) is 22.2. The lowest BCUT2D eigenvalue weighted by molar-refractivity contribution is -0.111. The summed E-state index contributed by atoms with van der Waals surface area (Å²) in [5.41, 5.74) is 3.33. The molecule has 6 nitrogen and oxygen atoms in total. The Morgan fingerprint density at radius 1 is 0.909 bits per heavy atom. The third kappa shape index (κ3) is 5.64. The quantitative estimate of drug-likeness (QED) is 0.286. The van der Waals surface area contributed by atoms with Gasteiger partial charge in [0, 0.05) is 12.0 Å². The molecule has 0 aliphatic carbocycles. The Hall–Kier alpha value is -3.97. The zero-order chi connectivity index (χ0) is 23.0. The van der Waals surface area contributed by atoms with Crippen LogP contribution in [-0.4, -0.2) is 30.3 Å². The molecule has 0 aliphatic heterocycles. The van der Waals surface area contributed by atoms with E-state index in [1.807, 2.05) is 84.9 Å². The molecule has 1 N–H and O–H groups in total. The van der Waals surface area contributed by atoms with Gasteiger partial charge in [-0.1, -0.05) is 78.1 Å². The van der Waals surface area contributed by atoms with E-state index in [4.69, 9.17) is 9.47 Å². The molecule has 0 atom stereocenters. The van der Waals surface area contributed by atoms with Crippen molar-refractivity contribution < 1.29 is 14.3 Å². The topological polar surface area (TPSA) is 73.3 Å². The van der Waals surface area contributed by atoms with Crippen molar-refractivity contribution in [3.63, 3.8) is 0 Å². The minimum Gasteiger partial charge on any atom is -0.493 e. The molecule has 1 amide bonds. The Morgan fingerprint density at radius 3 is 2.30 bits per heavy atom. The van der Waals surface area contributed by atoms with Crippen LogP contribution in [-0.2, 0) is 11.2 Å². The van der Waals surface area contributed by atoms with E-state index in [1.54, 1.807) is 14.2 Å². The molecular weight excluding hydrogens is 434 g/mol. The summed E-state index contributed by atoms with van der Waals surface area (Å²) in [6.45, 7) is 0. The number of anilines is 1. The van der Waals surface area contributed by atoms with Crippen LogP contribution in [0.3, 0.4) is 0 Å². The standard InChI is InChI=1S/C26H23N3O3S/c1-31-22-14-13-19(16-23(22)32-2)17-24-28-29-26(33-24)27-25(30)21(20-11-7-4-8-12-20)15-18-9-5-3-6-10-18/h3-16H,17H2,1-2H3,(H,27,29,30). The Labute approximate surface area is 196 Å². The molecule has 1 aromatic heterocycles. The maximum atomic E-state index is 13.2. The number of aromatic nitrogens is 2. The predicted molar refractivity (Wildman–Crippen MR) is 132 cm³/mol. The zero-order valence-electron chi connectivity index (χ0n) is 18.3. The third-order valence-electron chi connectivity index (χ3n) is 4.93. The summed E-state index contributed by atoms with van der Waals surface area (Å²) in [6.07, 6.45) is 2.44. The summed E-state index contributed by atoms with van der Waals surface area (Å²) >= 11 is 1.34. The van der Waals surface area contributed by atoms with E-state index in [-0.39, 0.29) is 5.91 Å². The van der Waals surface area contributed by atoms with E-state index < -0.39 is 0 Å². The first-order valence-corrected chi connectivity index (χ1v) is 11.1. The molecule has 0 aliphatic rings. The van der Waals surface area contributed by atoms with Gasteiger partial charge in [-0.15, -0.1) is 10.2 Å². The molecule has 0 spiro atoms. The van der Waals surface area contributed by atoms with Crippen molar-refractivity contribution in [2.45, 2.75) is 6.42 Å². The SMILES string of the molecule is COc1ccc(Cc2nnc(NC(=O)C(=Cc3ccccc3)c3ccccc3)s2)cc1OC. The number of ether oxygens (including phenoxy) is 2. The highest BCUT2D eigenvalue weighted by molar-refractivity contribution is 7.15. The van der Waals surface area contributed by atoms with Gasteiger partial charge in [-0.25, -0.2) is 0 Å². The lowest BCUT2D eigenvalue weighted by atomic mass is 10.0. The van der Waals surface area contributed by atoms with Crippen LogP contribution in [0, 0.1) is 0 Å². The highest BCUT2D eigenvalue weighted by Gasteiger charge is 2.15. The number of nitrogens with one attached hydrogen (secondary N) is 1. The van der Waals surface area contributed by atoms with Crippen LogP contribution in [0.5, 0.6) is 11.5 Å². The van der Waals surface area contributed by atoms with Gasteiger partial charge in [-0.05, 0) is 34.9 Å². The van der Waals surface area contributed by atoms with E-state index in [2.05, 4.69) is 15.5 Å². The van der Waals surface area contributed by atoms with Crippen LogP contribution in [0.2, 0.25) is 0 Å². The van der Waals surface area contributed by atoms with Gasteiger partial charge in [0.1, 0.15) is 5.01 Å². The van der Waals surface area contributed by atoms with Crippen molar-refractivity contribution in [2.24, 2.45) is 0 Å². The maximum absolute atomic E-state index is 13.2. The van der Waals surface area contributed by atoms with Crippen LogP contribution in [0.1, 0.15) is 21.7 Å². The minimum atomic E-state index is -0.237. The lowest BCUT2D eigenvalue weighted by Gasteiger charge is -2.08. The summed E-state index contributed by atoms with van der Waals surface area (Å²) in [5, 5.41) is 12.5. The summed E-state index contributed by atoms with van der Waals surface area (Å²) in [5.74, 6) is 1.09. The van der Waals surface area contributed by atoms with Gasteiger partial charge >= 0.3 is 0 Å². The fourth-order valence-corrected chi connectivity index (χ4v) is 4.09. The fourth-order valence-electron chi connectivity index (χ4n) is 3.32. The molecule has 0 unspecified atom stereocenters. The Kier molecular flexibility index (Phi) is 7.12. The number of carbonyl (C=O) groups is 1. The van der Waals surface area contributed by atoms with Gasteiger partial charge in [0.15, 0.2) is 11.5 Å². The first-order valence-electron chi connectivity index (χ1n) is 10.3. The van der Waals surface area contributed by atoms with Gasteiger partial charge in [0.2, 0.25) is 5.13 Å². The second-order valence-corrected chi connectivity index (χ2v) is 8.22. The molecule has 0 saturated carbocycles. The van der Waals surface area contributed by atoms with Crippen molar-refractivity contribution >= 4 is 34.0 Å². The summed E-state index contributed by atoms with van der Waals surface area (Å²) in [4.78, 5) is 13.2. The summed E-state index contributed by atoms with van der Waals surface area (Å²) in [6, 6.07) is 25.0. The largest absolute Gasteiger partial charge is 0.493 e. The smallest absolute Gasteiger partial charge is 0.258 e. The number of hydrogen-bond donors (Lipinski definition) is 1. The van der Waals surface area contributed by atoms with Gasteiger partial charge in [-0.3, -0.25) is 10.1 Å². The van der Waals surface area contributed by atoms with Crippen LogP contribution in [0.25, 0.3) is 11.6 Å². The zero-order valence-corrected chi connectivity index (χ0v) is 19.1. The average Bonchev–Trinajstić information content (AvgIpc) is 3.30. The van der Waals surface area contributed by atoms with Gasteiger partial charge in [-0.2, -0.15) is 0 Å². The summed E-state index contributed by atoms with van der Waals surface area (Å²) in [7, 11) is 3.21. The molecule has 0 radical (unpaired) electrons. The molecule has 0 fully saturated rings. The maximum Gasteiger partial charge on any atom is 0.258 e. The monoisotopic (exact) mass is 457 g/mol. The van der Waals surface area contributed by atoms with Crippen LogP contribution in [0.15, 0.2) is 78.9 Å². The number of benzene rings is 3. The Balaban J connectivity index is 1.52. The van der Waals surface area contributed by atoms with Crippen LogP contribution in [0.4, 0.5) is 5.13 Å². The van der Waals surface area contributed by atoms with Crippen molar-refractivity contribution in [1.82, 2.24) is 10.2 Å². The molecule has 0 bridgehead atoms. The Bertz CT molecular complexity index is 1250. The minimum absolute atomic E-state index is 0.237. The highest BCUT2D eigenvalue weighted by Crippen LogP contribution is 2.29. The summed E-state index contributed by atoms with van der Waals surface area (Å²) < 4.78 is 10.7. The van der Waals surface area contributed by atoms with Crippen LogP contribution < -0.4 is 14.8 Å². The Morgan fingerprint density at radius 2 is 1.61 bits per heavy atom. The molecule has 0 saturated heterocycles. The van der Waals surface area contributed by atoms with E-state index >= 15 is 0 Å². The van der Waals surface area contributed by atoms with Crippen LogP contribution >= 0.6 is 11.3 Å². The van der Waals surface area contributed by atoms with E-state index in [0.717, 1.165) is 21.7 Å². The molecule has 166 valence electrons. The van der Waals surface area contributed by atoms with Gasteiger partial charge < -0.3 is 9.47 Å². The number of methoxy groups -OCH3 is 2. The lowest BCUT2D eigenvalue weighted by Crippen LogP contribution is -2.13. The van der Waals surface area contributed by atoms with Crippen molar-refractivity contribution in [3.8, 4) is 11.5 Å². The number of carbonyl (C=O) groups excluding carboxylic acids is 1. The van der Waals surface area contributed by atoms with Gasteiger partial charge in [0.25, 0.3) is 5.91 Å². The first-order chi connectivity index (χ1) is 16.2. The molecule has 4 aromatic rings. The number of hydrogen-bond acceptors (Lipinski definition) is 6.